The summed E-state index contributed by atoms with van der Waals surface area (Å²) in [6.07, 6.45) is 3.58. The number of hydrogen-bond donors (Lipinski definition) is 2. The molecule has 0 aliphatic carbocycles. The number of aromatic nitrogens is 2. The second kappa shape index (κ2) is 7.07. The highest BCUT2D eigenvalue weighted by atomic mass is 35.5. The monoisotopic (exact) mass is 294 g/mol. The molecule has 1 aromatic heterocycles. The van der Waals surface area contributed by atoms with E-state index in [4.69, 9.17) is 5.73 Å². The Morgan fingerprint density at radius 1 is 1.30 bits per heavy atom. The Balaban J connectivity index is 0.00000200. The molecular formula is C14H19ClN4O. The standard InChI is InChI=1S/C14H18N4O.ClH/c1-10(2)13(15)14(19)17-11-4-6-12(7-5-11)18-9-3-8-16-18;/h3-10,13H,15H2,1-2H3,(H,17,19);1H/t13-;/m1./s1. The fourth-order valence-electron chi connectivity index (χ4n) is 1.65. The van der Waals surface area contributed by atoms with Crippen LogP contribution in [0.1, 0.15) is 13.8 Å². The van der Waals surface area contributed by atoms with Crippen LogP contribution in [-0.4, -0.2) is 21.7 Å². The molecule has 0 bridgehead atoms. The Morgan fingerprint density at radius 2 is 1.95 bits per heavy atom. The molecule has 0 fully saturated rings. The summed E-state index contributed by atoms with van der Waals surface area (Å²) in [6.45, 7) is 3.84. The molecule has 3 N–H and O–H groups in total. The lowest BCUT2D eigenvalue weighted by atomic mass is 10.0. The predicted molar refractivity (Wildman–Crippen MR) is 82.3 cm³/mol. The number of hydrogen-bond acceptors (Lipinski definition) is 3. The van der Waals surface area contributed by atoms with Gasteiger partial charge in [-0.3, -0.25) is 4.79 Å². The summed E-state index contributed by atoms with van der Waals surface area (Å²) >= 11 is 0. The molecule has 2 aromatic rings. The van der Waals surface area contributed by atoms with E-state index in [2.05, 4.69) is 10.4 Å². The van der Waals surface area contributed by atoms with Crippen molar-refractivity contribution in [1.82, 2.24) is 9.78 Å². The number of anilines is 1. The summed E-state index contributed by atoms with van der Waals surface area (Å²) < 4.78 is 1.76. The highest BCUT2D eigenvalue weighted by Crippen LogP contribution is 2.13. The maximum atomic E-state index is 11.8. The molecule has 1 atom stereocenters. The molecule has 20 heavy (non-hydrogen) atoms. The number of nitrogens with two attached hydrogens (primary N) is 1. The first-order valence-electron chi connectivity index (χ1n) is 6.24. The molecule has 0 aliphatic heterocycles. The maximum absolute atomic E-state index is 11.8. The highest BCUT2D eigenvalue weighted by Gasteiger charge is 2.16. The lowest BCUT2D eigenvalue weighted by Gasteiger charge is -2.15. The molecule has 5 nitrogen and oxygen atoms in total. The van der Waals surface area contributed by atoms with Crippen molar-refractivity contribution >= 4 is 24.0 Å². The molecule has 0 unspecified atom stereocenters. The van der Waals surface area contributed by atoms with Gasteiger partial charge >= 0.3 is 0 Å². The molecule has 0 aliphatic rings. The normalized spacial score (nSPS) is 11.8. The van der Waals surface area contributed by atoms with Crippen LogP contribution in [0.15, 0.2) is 42.7 Å². The summed E-state index contributed by atoms with van der Waals surface area (Å²) in [5.74, 6) is -0.0508. The summed E-state index contributed by atoms with van der Waals surface area (Å²) in [6, 6.07) is 8.82. The molecule has 0 saturated heterocycles. The van der Waals surface area contributed by atoms with Crippen LogP contribution >= 0.6 is 12.4 Å². The minimum atomic E-state index is -0.495. The Hall–Kier alpha value is -1.85. The minimum absolute atomic E-state index is 0. The number of halogens is 1. The first-order valence-corrected chi connectivity index (χ1v) is 6.24. The quantitative estimate of drug-likeness (QED) is 0.908. The summed E-state index contributed by atoms with van der Waals surface area (Å²) in [5, 5.41) is 6.94. The van der Waals surface area contributed by atoms with Gasteiger partial charge in [-0.1, -0.05) is 13.8 Å². The van der Waals surface area contributed by atoms with E-state index in [1.165, 1.54) is 0 Å². The Kier molecular flexibility index (Phi) is 5.73. The third-order valence-electron chi connectivity index (χ3n) is 2.92. The molecule has 1 amide bonds. The summed E-state index contributed by atoms with van der Waals surface area (Å²) in [7, 11) is 0. The first-order chi connectivity index (χ1) is 9.08. The number of nitrogens with zero attached hydrogens (tertiary/aromatic N) is 2. The second-order valence-electron chi connectivity index (χ2n) is 4.76. The van der Waals surface area contributed by atoms with Gasteiger partial charge in [0.1, 0.15) is 0 Å². The average Bonchev–Trinajstić information content (AvgIpc) is 2.92. The van der Waals surface area contributed by atoms with Gasteiger partial charge in [0, 0.05) is 18.1 Å². The van der Waals surface area contributed by atoms with E-state index < -0.39 is 6.04 Å². The van der Waals surface area contributed by atoms with Crippen molar-refractivity contribution < 1.29 is 4.79 Å². The van der Waals surface area contributed by atoms with E-state index in [9.17, 15) is 4.79 Å². The zero-order valence-electron chi connectivity index (χ0n) is 11.5. The predicted octanol–water partition coefficient (Wildman–Crippen LogP) is 2.22. The maximum Gasteiger partial charge on any atom is 0.241 e. The fourth-order valence-corrected chi connectivity index (χ4v) is 1.65. The summed E-state index contributed by atoms with van der Waals surface area (Å²) in [4.78, 5) is 11.8. The van der Waals surface area contributed by atoms with Gasteiger partial charge in [-0.05, 0) is 36.2 Å². The van der Waals surface area contributed by atoms with Gasteiger partial charge < -0.3 is 11.1 Å². The number of benzene rings is 1. The Bertz CT molecular complexity index is 537. The van der Waals surface area contributed by atoms with E-state index in [1.54, 1.807) is 10.9 Å². The third-order valence-corrected chi connectivity index (χ3v) is 2.92. The van der Waals surface area contributed by atoms with Gasteiger partial charge in [-0.15, -0.1) is 12.4 Å². The van der Waals surface area contributed by atoms with Crippen molar-refractivity contribution in [3.05, 3.63) is 42.7 Å². The van der Waals surface area contributed by atoms with Crippen LogP contribution in [0.3, 0.4) is 0 Å². The molecular weight excluding hydrogens is 276 g/mol. The minimum Gasteiger partial charge on any atom is -0.325 e. The van der Waals surface area contributed by atoms with Crippen LogP contribution in [0.2, 0.25) is 0 Å². The van der Waals surface area contributed by atoms with Gasteiger partial charge in [0.25, 0.3) is 0 Å². The smallest absolute Gasteiger partial charge is 0.241 e. The molecule has 6 heteroatoms. The van der Waals surface area contributed by atoms with Crippen LogP contribution in [0.25, 0.3) is 5.69 Å². The average molecular weight is 295 g/mol. The Labute approximate surface area is 124 Å². The number of carbonyl (C=O) groups excluding carboxylic acids is 1. The zero-order valence-corrected chi connectivity index (χ0v) is 12.3. The number of nitrogens with one attached hydrogen (secondary N) is 1. The topological polar surface area (TPSA) is 72.9 Å². The van der Waals surface area contributed by atoms with Gasteiger partial charge in [0.15, 0.2) is 0 Å². The second-order valence-corrected chi connectivity index (χ2v) is 4.76. The van der Waals surface area contributed by atoms with Crippen LogP contribution < -0.4 is 11.1 Å². The van der Waals surface area contributed by atoms with E-state index >= 15 is 0 Å². The van der Waals surface area contributed by atoms with Crippen molar-refractivity contribution in [3.8, 4) is 5.69 Å². The Morgan fingerprint density at radius 3 is 2.45 bits per heavy atom. The van der Waals surface area contributed by atoms with Gasteiger partial charge in [-0.2, -0.15) is 5.10 Å². The lowest BCUT2D eigenvalue weighted by molar-refractivity contribution is -0.118. The number of amides is 1. The number of rotatable bonds is 4. The molecule has 0 radical (unpaired) electrons. The highest BCUT2D eigenvalue weighted by molar-refractivity contribution is 5.94. The van der Waals surface area contributed by atoms with Crippen LogP contribution in [-0.2, 0) is 4.79 Å². The largest absolute Gasteiger partial charge is 0.325 e. The van der Waals surface area contributed by atoms with Gasteiger partial charge in [0.05, 0.1) is 11.7 Å². The molecule has 1 heterocycles. The first kappa shape index (κ1) is 16.2. The van der Waals surface area contributed by atoms with Gasteiger partial charge in [0.2, 0.25) is 5.91 Å². The van der Waals surface area contributed by atoms with Crippen molar-refractivity contribution in [2.45, 2.75) is 19.9 Å². The van der Waals surface area contributed by atoms with E-state index in [1.807, 2.05) is 50.4 Å². The third kappa shape index (κ3) is 3.82. The SMILES string of the molecule is CC(C)[C@@H](N)C(=O)Nc1ccc(-n2cccn2)cc1.Cl. The molecule has 0 saturated carbocycles. The van der Waals surface area contributed by atoms with Crippen LogP contribution in [0, 0.1) is 5.92 Å². The lowest BCUT2D eigenvalue weighted by Crippen LogP contribution is -2.39. The van der Waals surface area contributed by atoms with E-state index in [0.717, 1.165) is 11.4 Å². The zero-order chi connectivity index (χ0) is 13.8. The summed E-state index contributed by atoms with van der Waals surface area (Å²) in [5.41, 5.74) is 7.46. The van der Waals surface area contributed by atoms with Crippen molar-refractivity contribution in [1.29, 1.82) is 0 Å². The van der Waals surface area contributed by atoms with Crippen LogP contribution in [0.5, 0.6) is 0 Å². The van der Waals surface area contributed by atoms with Gasteiger partial charge in [-0.25, -0.2) is 4.68 Å². The van der Waals surface area contributed by atoms with Crippen molar-refractivity contribution in [3.63, 3.8) is 0 Å². The fraction of sp³-hybridized carbons (Fsp3) is 0.286. The molecule has 1 aromatic carbocycles. The molecule has 0 spiro atoms. The molecule has 108 valence electrons. The number of carbonyl (C=O) groups is 1. The van der Waals surface area contributed by atoms with Crippen LogP contribution in [0.4, 0.5) is 5.69 Å². The van der Waals surface area contributed by atoms with Crippen molar-refractivity contribution in [2.75, 3.05) is 5.32 Å². The molecule has 2 rings (SSSR count). The van der Waals surface area contributed by atoms with E-state index in [0.29, 0.717) is 0 Å². The van der Waals surface area contributed by atoms with E-state index in [-0.39, 0.29) is 24.2 Å². The van der Waals surface area contributed by atoms with Crippen molar-refractivity contribution in [2.24, 2.45) is 11.7 Å².